The van der Waals surface area contributed by atoms with Gasteiger partial charge in [0.25, 0.3) is 0 Å². The summed E-state index contributed by atoms with van der Waals surface area (Å²) in [6, 6.07) is 0. The van der Waals surface area contributed by atoms with Gasteiger partial charge in [0.2, 0.25) is 0 Å². The molecule has 8 heavy (non-hydrogen) atoms. The summed E-state index contributed by atoms with van der Waals surface area (Å²) in [4.78, 5) is 8.89. The zero-order chi connectivity index (χ0) is 6.28. The van der Waals surface area contributed by atoms with Crippen molar-refractivity contribution in [1.82, 2.24) is 0 Å². The number of rotatable bonds is 0. The molecule has 43 valence electrons. The van der Waals surface area contributed by atoms with E-state index in [9.17, 15) is 0 Å². The first-order chi connectivity index (χ1) is 3.15. The van der Waals surface area contributed by atoms with Crippen molar-refractivity contribution in [3.8, 4) is 0 Å². The third kappa shape index (κ3) is 104. The first-order valence-electron chi connectivity index (χ1n) is 1.29. The summed E-state index contributed by atoms with van der Waals surface area (Å²) < 4.78 is 0. The summed E-state index contributed by atoms with van der Waals surface area (Å²) in [5, 5.41) is 8.89. The van der Waals surface area contributed by atoms with Crippen LogP contribution in [0.1, 0.15) is 6.92 Å². The maximum Gasteiger partial charge on any atom is 1.00 e. The van der Waals surface area contributed by atoms with E-state index in [2.05, 4.69) is 0 Å². The van der Waals surface area contributed by atoms with Gasteiger partial charge in [-0.05, 0) is 6.92 Å². The molecule has 0 saturated carbocycles. The molecule has 0 saturated heterocycles. The van der Waals surface area contributed by atoms with E-state index in [1.165, 1.54) is 0 Å². The second-order valence-electron chi connectivity index (χ2n) is 0.563. The fourth-order valence-electron chi connectivity index (χ4n) is 0. The van der Waals surface area contributed by atoms with E-state index in [4.69, 9.17) is 26.5 Å². The molecular weight excluding hydrogens is 535 g/mol. The van der Waals surface area contributed by atoms with E-state index in [1.807, 2.05) is 0 Å². The van der Waals surface area contributed by atoms with Gasteiger partial charge in [-0.3, -0.25) is 0 Å². The predicted octanol–water partition coefficient (Wildman–Crippen LogP) is -0.248. The Kier molecular flexibility index (Phi) is 32.9. The van der Waals surface area contributed by atoms with Crippen LogP contribution in [-0.4, -0.2) is 27.8 Å². The third-order valence-corrected chi connectivity index (χ3v) is 0. The van der Waals surface area contributed by atoms with Gasteiger partial charge in [0, 0.05) is 5.97 Å². The minimum atomic E-state index is -1.08. The molecule has 0 unspecified atom stereocenters. The maximum absolute atomic E-state index is 8.89. The van der Waals surface area contributed by atoms with E-state index >= 15 is 0 Å². The Morgan fingerprint density at radius 2 is 1.62 bits per heavy atom. The van der Waals surface area contributed by atoms with Crippen molar-refractivity contribution in [2.45, 2.75) is 6.92 Å². The largest absolute Gasteiger partial charge is 1.00 e. The van der Waals surface area contributed by atoms with Crippen LogP contribution >= 0.6 is 16.6 Å². The molecule has 0 amide bonds. The Labute approximate surface area is 87.6 Å². The molecule has 0 aliphatic heterocycles. The summed E-state index contributed by atoms with van der Waals surface area (Å²) in [6.45, 7) is 0.972. The monoisotopic (exact) mass is 539 g/mol. The van der Waals surface area contributed by atoms with E-state index in [0.29, 0.717) is 0 Å². The van der Waals surface area contributed by atoms with Crippen molar-refractivity contribution < 1.29 is 37.6 Å². The van der Waals surface area contributed by atoms with Crippen LogP contribution in [0.2, 0.25) is 0 Å². The van der Waals surface area contributed by atoms with E-state index in [1.54, 1.807) is 0 Å². The Morgan fingerprint density at radius 1 is 1.62 bits per heavy atom. The Balaban J connectivity index is -0.0000000575. The van der Waals surface area contributed by atoms with Gasteiger partial charge < -0.3 is 9.90 Å². The topological polar surface area (TPSA) is 40.1 Å². The van der Waals surface area contributed by atoms with Gasteiger partial charge >= 0.3 is 66.1 Å². The molecule has 0 aliphatic rings. The van der Waals surface area contributed by atoms with E-state index in [-0.39, 0.29) is 27.7 Å². The van der Waals surface area contributed by atoms with Crippen LogP contribution in [0.4, 0.5) is 0 Å². The fourth-order valence-corrected chi connectivity index (χ4v) is 0. The minimum Gasteiger partial charge on any atom is 1.00 e. The number of aliphatic carboxylic acids is 1. The normalized spacial score (nSPS) is 5.38. The SMILES string of the molecule is CC(=O)[O-].[Cl][Pb][Cl].[Hg+]. The molecule has 0 aliphatic carbocycles. The maximum atomic E-state index is 8.89. The molecule has 0 aromatic carbocycles. The molecule has 0 fully saturated rings. The molecule has 6 heteroatoms. The zero-order valence-electron chi connectivity index (χ0n) is 4.28. The molecule has 0 aromatic heterocycles. The summed E-state index contributed by atoms with van der Waals surface area (Å²) in [6.07, 6.45) is 0. The second kappa shape index (κ2) is 16.0. The van der Waals surface area contributed by atoms with Crippen molar-refractivity contribution in [2.75, 3.05) is 0 Å². The average Bonchev–Trinajstić information content (AvgIpc) is 1.33. The molecular formula is C2H3Cl2HgO2Pb. The summed E-state index contributed by atoms with van der Waals surface area (Å²) in [5.41, 5.74) is 0. The quantitative estimate of drug-likeness (QED) is 0.400. The Hall–Kier alpha value is 1.91. The molecule has 3 radical (unpaired) electrons. The van der Waals surface area contributed by atoms with Crippen molar-refractivity contribution in [3.63, 3.8) is 0 Å². The van der Waals surface area contributed by atoms with Crippen LogP contribution in [0.5, 0.6) is 0 Å². The molecule has 2 nitrogen and oxygen atoms in total. The molecule has 0 bridgehead atoms. The van der Waals surface area contributed by atoms with Crippen LogP contribution in [0, 0.1) is 0 Å². The van der Waals surface area contributed by atoms with Gasteiger partial charge in [-0.15, -0.1) is 0 Å². The Morgan fingerprint density at radius 3 is 1.62 bits per heavy atom. The molecule has 0 aromatic rings. The van der Waals surface area contributed by atoms with Gasteiger partial charge in [0.05, 0.1) is 0 Å². The third-order valence-electron chi connectivity index (χ3n) is 0. The molecule has 0 atom stereocenters. The van der Waals surface area contributed by atoms with Gasteiger partial charge in [0.1, 0.15) is 0 Å². The van der Waals surface area contributed by atoms with Crippen molar-refractivity contribution in [2.24, 2.45) is 0 Å². The van der Waals surface area contributed by atoms with Gasteiger partial charge in [0.15, 0.2) is 0 Å². The first-order valence-corrected chi connectivity index (χ1v) is 10.9. The standard InChI is InChI=1S/C2H4O2.2ClH.Hg.Pb/c1-2(3)4;;;;/h1H3,(H,3,4);2*1H;;/q;;;+1;+2/p-3. The Bertz CT molecular complexity index is 49.3. The van der Waals surface area contributed by atoms with Crippen LogP contribution in [0.3, 0.4) is 0 Å². The minimum absolute atomic E-state index is 0. The van der Waals surface area contributed by atoms with Crippen LogP contribution in [-0.2, 0) is 32.5 Å². The predicted molar refractivity (Wildman–Crippen MR) is 28.1 cm³/mol. The fraction of sp³-hybridized carbons (Fsp3) is 0.500. The molecule has 0 N–H and O–H groups in total. The van der Waals surface area contributed by atoms with E-state index in [0.717, 1.165) is 6.92 Å². The summed E-state index contributed by atoms with van der Waals surface area (Å²) >= 11 is -0.972. The summed E-state index contributed by atoms with van der Waals surface area (Å²) in [5.74, 6) is -1.08. The van der Waals surface area contributed by atoms with Gasteiger partial charge in [-0.25, -0.2) is 0 Å². The molecule has 0 spiro atoms. The zero-order valence-corrected chi connectivity index (χ0v) is 15.2. The second-order valence-corrected chi connectivity index (χ2v) is 6.13. The number of carbonyl (C=O) groups excluding carboxylic acids is 1. The van der Waals surface area contributed by atoms with Crippen molar-refractivity contribution in [1.29, 1.82) is 0 Å². The number of carboxylic acid groups (broad SMARTS) is 1. The van der Waals surface area contributed by atoms with Gasteiger partial charge in [-0.1, -0.05) is 0 Å². The van der Waals surface area contributed by atoms with Crippen molar-refractivity contribution >= 4 is 44.4 Å². The van der Waals surface area contributed by atoms with E-state index < -0.39 is 27.8 Å². The smallest absolute Gasteiger partial charge is 1.00 e. The van der Waals surface area contributed by atoms with Gasteiger partial charge in [-0.2, -0.15) is 0 Å². The summed E-state index contributed by atoms with van der Waals surface area (Å²) in [7, 11) is 9.92. The number of carbonyl (C=O) groups is 1. The van der Waals surface area contributed by atoms with Crippen molar-refractivity contribution in [3.05, 3.63) is 0 Å². The number of halogens is 2. The molecule has 0 rings (SSSR count). The number of hydrogen-bond acceptors (Lipinski definition) is 2. The number of carboxylic acids is 1. The van der Waals surface area contributed by atoms with Crippen LogP contribution in [0.15, 0.2) is 0 Å². The first kappa shape index (κ1) is 16.5. The van der Waals surface area contributed by atoms with Crippen LogP contribution < -0.4 is 5.11 Å². The molecule has 0 heterocycles. The van der Waals surface area contributed by atoms with Crippen LogP contribution in [0.25, 0.3) is 0 Å². The number of hydrogen-bond donors (Lipinski definition) is 0. The average molecular weight is 538 g/mol.